The highest BCUT2D eigenvalue weighted by Crippen LogP contribution is 2.34. The second-order valence-electron chi connectivity index (χ2n) is 20.8. The van der Waals surface area contributed by atoms with E-state index in [4.69, 9.17) is 88.8 Å². The number of carbonyl (C=O) groups excluding carboxylic acids is 7. The van der Waals surface area contributed by atoms with Gasteiger partial charge in [0.15, 0.2) is 23.1 Å². The molecule has 8 aromatic rings. The molecule has 4 aromatic heterocycles. The lowest BCUT2D eigenvalue weighted by molar-refractivity contribution is -0.148. The van der Waals surface area contributed by atoms with Crippen LogP contribution in [0.15, 0.2) is 98.1 Å². The summed E-state index contributed by atoms with van der Waals surface area (Å²) in [7, 11) is 0. The topological polar surface area (TPSA) is 384 Å². The number of halogens is 4. The number of hydrogen-bond donors (Lipinski definition) is 3. The number of Topliss-reactive ketones (excluding diaryl/α,β-unsaturated/α-hetero) is 4. The van der Waals surface area contributed by atoms with E-state index in [2.05, 4.69) is 19.9 Å². The molecule has 4 aliphatic rings. The summed E-state index contributed by atoms with van der Waals surface area (Å²) in [4.78, 5) is 112. The number of nitrogens with zero attached hydrogens (tertiary/aromatic N) is 12. The van der Waals surface area contributed by atoms with Crippen molar-refractivity contribution in [1.29, 1.82) is 21.0 Å². The van der Waals surface area contributed by atoms with Crippen molar-refractivity contribution in [2.45, 2.75) is 58.3 Å². The Morgan fingerprint density at radius 1 is 0.467 bits per heavy atom. The van der Waals surface area contributed by atoms with Crippen molar-refractivity contribution in [2.24, 2.45) is 35.1 Å². The summed E-state index contributed by atoms with van der Waals surface area (Å²) in [5.41, 5.74) is 18.4. The zero-order valence-corrected chi connectivity index (χ0v) is 50.1. The van der Waals surface area contributed by atoms with Gasteiger partial charge >= 0.3 is 11.9 Å². The number of carboxylic acids is 1. The molecule has 0 fully saturated rings. The number of nitriles is 4. The molecule has 12 rings (SSSR count). The van der Waals surface area contributed by atoms with Gasteiger partial charge in [0.2, 0.25) is 11.8 Å². The Bertz CT molecular complexity index is 4160. The summed E-state index contributed by atoms with van der Waals surface area (Å²) in [5, 5.41) is 45.9. The van der Waals surface area contributed by atoms with E-state index in [1.165, 1.54) is 25.3 Å². The first-order valence-electron chi connectivity index (χ1n) is 27.2. The van der Waals surface area contributed by atoms with Crippen molar-refractivity contribution in [2.75, 3.05) is 6.61 Å². The molecule has 0 radical (unpaired) electrons. The molecule has 4 atom stereocenters. The number of ketones is 4. The number of fused-ring (bicyclic) bond motifs is 4. The van der Waals surface area contributed by atoms with Gasteiger partial charge in [0.1, 0.15) is 72.4 Å². The van der Waals surface area contributed by atoms with Crippen LogP contribution in [0.25, 0.3) is 22.7 Å². The van der Waals surface area contributed by atoms with Crippen LogP contribution in [0.1, 0.15) is 120 Å². The molecular formula is C62H46Cl4N14O10. The number of carboxylic acid groups (broad SMARTS) is 1. The number of benzene rings is 4. The molecule has 4 aliphatic carbocycles. The standard InChI is InChI=1S/C17H14ClN3O3.2C15H11ClN4O2.C15H10ClN3O3/c1-2-24-17(23)11-5-14-16(15(22)6-11)21(9-20-14)12-4-3-10(8-19)13(18)7-12;2*16-11-5-10(2-1-8(11)6-17)20-7-19-12-3-9(15(18)22)4-13(21)14(12)20;16-11-5-10(2-1-8(11)6-17)19-7-18-12-3-9(15(21)22)4-13(20)14(12)19/h3-4,7,9,11H,2,5-6H2,1H3;2*1-2,5,7,9H,3-4H2,(H2,18,22);1-2,5,7,9H,3-4H2,(H,21,22)/t;2*9-;/m.10./s1. The minimum Gasteiger partial charge on any atom is -0.481 e. The van der Waals surface area contributed by atoms with Gasteiger partial charge in [0.25, 0.3) is 0 Å². The average molecular weight is 1290 g/mol. The zero-order chi connectivity index (χ0) is 64.8. The molecule has 2 unspecified atom stereocenters. The summed E-state index contributed by atoms with van der Waals surface area (Å²) >= 11 is 24.1. The summed E-state index contributed by atoms with van der Waals surface area (Å²) in [6.07, 6.45) is 7.58. The van der Waals surface area contributed by atoms with Gasteiger partial charge < -0.3 is 21.3 Å². The third-order valence-electron chi connectivity index (χ3n) is 15.1. The number of hydrogen-bond acceptors (Lipinski definition) is 17. The zero-order valence-electron chi connectivity index (χ0n) is 47.1. The van der Waals surface area contributed by atoms with E-state index < -0.39 is 41.5 Å². The Kier molecular flexibility index (Phi) is 19.3. The molecule has 2 amide bonds. The maximum atomic E-state index is 12.5. The highest BCUT2D eigenvalue weighted by atomic mass is 35.5. The van der Waals surface area contributed by atoms with Crippen LogP contribution in [0.4, 0.5) is 0 Å². The van der Waals surface area contributed by atoms with Gasteiger partial charge in [-0.05, 0) is 79.7 Å². The lowest BCUT2D eigenvalue weighted by Crippen LogP contribution is -2.32. The van der Waals surface area contributed by atoms with E-state index in [0.717, 1.165) is 0 Å². The molecular weight excluding hydrogens is 1240 g/mol. The number of amides is 2. The Morgan fingerprint density at radius 3 is 0.967 bits per heavy atom. The van der Waals surface area contributed by atoms with E-state index >= 15 is 0 Å². The molecule has 28 heteroatoms. The molecule has 5 N–H and O–H groups in total. The van der Waals surface area contributed by atoms with Gasteiger partial charge in [-0.1, -0.05) is 46.4 Å². The number of aromatic nitrogens is 8. The van der Waals surface area contributed by atoms with Crippen molar-refractivity contribution < 1.29 is 48.2 Å². The number of primary amides is 2. The molecule has 0 bridgehead atoms. The predicted octanol–water partition coefficient (Wildman–Crippen LogP) is 8.19. The first kappa shape index (κ1) is 63.9. The Morgan fingerprint density at radius 2 is 0.722 bits per heavy atom. The minimum absolute atomic E-state index is 0.0436. The van der Waals surface area contributed by atoms with E-state index in [0.29, 0.717) is 125 Å². The van der Waals surface area contributed by atoms with Gasteiger partial charge in [-0.3, -0.25) is 56.6 Å². The van der Waals surface area contributed by atoms with Crippen molar-refractivity contribution in [3.05, 3.63) is 186 Å². The SMILES string of the molecule is CCOC(=O)C1CC(=O)c2c(ncn2-c2ccc(C#N)c(Cl)c2)C1.N#Cc1ccc(-n2cnc3c2C(=O)CC(C(=O)O)C3)cc1Cl.N#Cc1ccc(-n2cnc3c2C(=O)C[C@@H](C(N)=O)C3)cc1Cl.N#Cc1ccc(-n2cnc3c2C(=O)C[C@H](C(N)=O)C3)cc1Cl. The number of rotatable bonds is 9. The lowest BCUT2D eigenvalue weighted by Gasteiger charge is -2.20. The molecule has 4 aromatic carbocycles. The maximum Gasteiger partial charge on any atom is 0.309 e. The van der Waals surface area contributed by atoms with Crippen LogP contribution in [-0.4, -0.2) is 96.8 Å². The number of aliphatic carboxylic acids is 1. The Labute approximate surface area is 531 Å². The number of carbonyl (C=O) groups is 8. The Balaban J connectivity index is 0.000000142. The van der Waals surface area contributed by atoms with E-state index in [1.807, 2.05) is 24.3 Å². The van der Waals surface area contributed by atoms with Crippen LogP contribution in [-0.2, 0) is 49.6 Å². The first-order valence-corrected chi connectivity index (χ1v) is 28.7. The molecule has 0 saturated heterocycles. The molecule has 4 heterocycles. The highest BCUT2D eigenvalue weighted by molar-refractivity contribution is 6.33. The molecule has 0 aliphatic heterocycles. The van der Waals surface area contributed by atoms with E-state index in [-0.39, 0.29) is 72.8 Å². The summed E-state index contributed by atoms with van der Waals surface area (Å²) < 4.78 is 11.5. The van der Waals surface area contributed by atoms with E-state index in [9.17, 15) is 38.4 Å². The van der Waals surface area contributed by atoms with Crippen LogP contribution in [0, 0.1) is 69.0 Å². The van der Waals surface area contributed by atoms with Crippen molar-refractivity contribution in [3.8, 4) is 47.0 Å². The largest absolute Gasteiger partial charge is 0.481 e. The van der Waals surface area contributed by atoms with Crippen molar-refractivity contribution in [3.63, 3.8) is 0 Å². The normalized spacial score (nSPS) is 16.8. The number of imidazole rings is 4. The third-order valence-corrected chi connectivity index (χ3v) is 16.3. The van der Waals surface area contributed by atoms with Gasteiger partial charge in [0.05, 0.1) is 95.4 Å². The van der Waals surface area contributed by atoms with Crippen LogP contribution in [0.3, 0.4) is 0 Å². The predicted molar refractivity (Wildman–Crippen MR) is 320 cm³/mol. The van der Waals surface area contributed by atoms with Crippen molar-refractivity contribution in [1.82, 2.24) is 38.2 Å². The van der Waals surface area contributed by atoms with Crippen LogP contribution in [0.2, 0.25) is 20.1 Å². The fourth-order valence-corrected chi connectivity index (χ4v) is 11.5. The second-order valence-corrected chi connectivity index (χ2v) is 22.4. The smallest absolute Gasteiger partial charge is 0.309 e. The minimum atomic E-state index is -0.991. The van der Waals surface area contributed by atoms with Gasteiger partial charge in [0, 0.05) is 74.1 Å². The summed E-state index contributed by atoms with van der Waals surface area (Å²) in [5.74, 6) is -5.34. The maximum absolute atomic E-state index is 12.5. The fourth-order valence-electron chi connectivity index (χ4n) is 10.6. The average Bonchev–Trinajstić information content (AvgIpc) is 1.79. The quantitative estimate of drug-likeness (QED) is 0.115. The third kappa shape index (κ3) is 13.3. The van der Waals surface area contributed by atoms with E-state index in [1.54, 1.807) is 98.0 Å². The van der Waals surface area contributed by atoms with Crippen LogP contribution >= 0.6 is 46.4 Å². The van der Waals surface area contributed by atoms with Gasteiger partial charge in [-0.25, -0.2) is 19.9 Å². The summed E-state index contributed by atoms with van der Waals surface area (Å²) in [6, 6.07) is 27.4. The molecule has 24 nitrogen and oxygen atoms in total. The Hall–Kier alpha value is -10.6. The second kappa shape index (κ2) is 27.2. The molecule has 90 heavy (non-hydrogen) atoms. The first-order chi connectivity index (χ1) is 43.1. The monoisotopic (exact) mass is 1290 g/mol. The van der Waals surface area contributed by atoms with Gasteiger partial charge in [-0.15, -0.1) is 0 Å². The van der Waals surface area contributed by atoms with Crippen LogP contribution < -0.4 is 11.5 Å². The fraction of sp³-hybridized carbons (Fsp3) is 0.226. The van der Waals surface area contributed by atoms with Gasteiger partial charge in [-0.2, -0.15) is 21.0 Å². The molecule has 0 spiro atoms. The summed E-state index contributed by atoms with van der Waals surface area (Å²) in [6.45, 7) is 2.02. The number of esters is 1. The molecule has 452 valence electrons. The van der Waals surface area contributed by atoms with Crippen LogP contribution in [0.5, 0.6) is 0 Å². The lowest BCUT2D eigenvalue weighted by atomic mass is 9.88. The number of nitrogens with two attached hydrogens (primary N) is 2. The van der Waals surface area contributed by atoms with Crippen molar-refractivity contribution >= 4 is 93.3 Å². The molecule has 0 saturated carbocycles. The number of ether oxygens (including phenoxy) is 1. The highest BCUT2D eigenvalue weighted by Gasteiger charge is 2.37.